The van der Waals surface area contributed by atoms with E-state index in [1.54, 1.807) is 18.2 Å². The van der Waals surface area contributed by atoms with Crippen LogP contribution in [0.25, 0.3) is 0 Å². The van der Waals surface area contributed by atoms with E-state index in [2.05, 4.69) is 10.0 Å². The number of aromatic carboxylic acids is 1. The molecule has 0 saturated carbocycles. The molecule has 0 bridgehead atoms. The Morgan fingerprint density at radius 3 is 2.70 bits per heavy atom. The number of ether oxygens (including phenoxy) is 1. The molecule has 0 unspecified atom stereocenters. The predicted octanol–water partition coefficient (Wildman–Crippen LogP) is 2.13. The van der Waals surface area contributed by atoms with Crippen molar-refractivity contribution in [1.82, 2.24) is 10.0 Å². The smallest absolute Gasteiger partial charge is 0.337 e. The van der Waals surface area contributed by atoms with Crippen LogP contribution in [0.5, 0.6) is 11.5 Å². The third-order valence-electron chi connectivity index (χ3n) is 4.92. The fraction of sp³-hybridized carbons (Fsp3) is 0.381. The van der Waals surface area contributed by atoms with E-state index in [1.165, 1.54) is 24.3 Å². The maximum atomic E-state index is 12.4. The Labute approximate surface area is 175 Å². The normalized spacial score (nSPS) is 15.9. The van der Waals surface area contributed by atoms with Gasteiger partial charge >= 0.3 is 5.97 Å². The molecule has 8 nitrogen and oxygen atoms in total. The lowest BCUT2D eigenvalue weighted by Crippen LogP contribution is -2.34. The molecule has 0 fully saturated rings. The molecule has 9 heteroatoms. The number of hydrogen-bond donors (Lipinski definition) is 4. The molecular formula is C21H26N2O6S. The Morgan fingerprint density at radius 2 is 1.90 bits per heavy atom. The molecule has 1 atom stereocenters. The molecular weight excluding hydrogens is 408 g/mol. The number of carboxylic acids is 1. The van der Waals surface area contributed by atoms with Gasteiger partial charge < -0.3 is 20.3 Å². The number of aromatic hydroxyl groups is 1. The Hall–Kier alpha value is -2.62. The number of unbranched alkanes of at least 4 members (excludes halogenated alkanes) is 1. The molecule has 1 aliphatic rings. The van der Waals surface area contributed by atoms with Gasteiger partial charge in [-0.05, 0) is 68.1 Å². The first kappa shape index (κ1) is 22.1. The zero-order valence-electron chi connectivity index (χ0n) is 16.5. The van der Waals surface area contributed by atoms with Gasteiger partial charge in [-0.3, -0.25) is 0 Å². The number of phenols is 1. The highest BCUT2D eigenvalue weighted by Gasteiger charge is 2.21. The Bertz CT molecular complexity index is 993. The van der Waals surface area contributed by atoms with Crippen molar-refractivity contribution in [2.75, 3.05) is 19.6 Å². The molecule has 0 saturated heterocycles. The van der Waals surface area contributed by atoms with Crippen molar-refractivity contribution in [3.8, 4) is 11.5 Å². The fourth-order valence-electron chi connectivity index (χ4n) is 3.37. The summed E-state index contributed by atoms with van der Waals surface area (Å²) >= 11 is 0. The van der Waals surface area contributed by atoms with Crippen LogP contribution in [0.4, 0.5) is 0 Å². The zero-order chi connectivity index (χ0) is 21.6. The molecule has 162 valence electrons. The summed E-state index contributed by atoms with van der Waals surface area (Å²) in [6.45, 7) is 1.64. The minimum absolute atomic E-state index is 0.0630. The Kier molecular flexibility index (Phi) is 7.30. The lowest BCUT2D eigenvalue weighted by molar-refractivity contribution is 0.0692. The van der Waals surface area contributed by atoms with Gasteiger partial charge in [-0.2, -0.15) is 0 Å². The number of nitrogens with one attached hydrogen (secondary N) is 2. The fourth-order valence-corrected chi connectivity index (χ4v) is 4.65. The van der Waals surface area contributed by atoms with Crippen molar-refractivity contribution in [3.05, 3.63) is 53.6 Å². The number of benzene rings is 2. The lowest BCUT2D eigenvalue weighted by atomic mass is 10.0. The minimum atomic E-state index is -3.87. The van der Waals surface area contributed by atoms with Crippen LogP contribution in [-0.4, -0.2) is 50.3 Å². The van der Waals surface area contributed by atoms with Crippen molar-refractivity contribution in [2.45, 2.75) is 36.7 Å². The van der Waals surface area contributed by atoms with Gasteiger partial charge in [0.15, 0.2) is 0 Å². The number of phenolic OH excluding ortho intramolecular Hbond substituents is 1. The SMILES string of the molecule is O=C(O)c1ccccc1S(=O)(=O)NCCCCNC[C@H]1CCc2cc(O)ccc2O1. The van der Waals surface area contributed by atoms with Crippen molar-refractivity contribution < 1.29 is 28.2 Å². The average Bonchev–Trinajstić information content (AvgIpc) is 2.73. The summed E-state index contributed by atoms with van der Waals surface area (Å²) in [5.41, 5.74) is 0.777. The summed E-state index contributed by atoms with van der Waals surface area (Å²) in [6.07, 6.45) is 3.17. The second-order valence-corrected chi connectivity index (χ2v) is 8.92. The first-order valence-corrected chi connectivity index (χ1v) is 11.4. The first-order valence-electron chi connectivity index (χ1n) is 9.88. The first-order chi connectivity index (χ1) is 14.4. The van der Waals surface area contributed by atoms with E-state index < -0.39 is 16.0 Å². The van der Waals surface area contributed by atoms with Crippen LogP contribution in [0.3, 0.4) is 0 Å². The molecule has 2 aromatic rings. The third kappa shape index (κ3) is 5.71. The maximum absolute atomic E-state index is 12.4. The van der Waals surface area contributed by atoms with Gasteiger partial charge in [0.2, 0.25) is 10.0 Å². The van der Waals surface area contributed by atoms with Crippen LogP contribution < -0.4 is 14.8 Å². The minimum Gasteiger partial charge on any atom is -0.508 e. The zero-order valence-corrected chi connectivity index (χ0v) is 17.3. The van der Waals surface area contributed by atoms with E-state index in [0.29, 0.717) is 13.0 Å². The van der Waals surface area contributed by atoms with Gasteiger partial charge in [0.1, 0.15) is 17.6 Å². The molecule has 0 amide bonds. The number of fused-ring (bicyclic) bond motifs is 1. The van der Waals surface area contributed by atoms with Crippen LogP contribution in [0.2, 0.25) is 0 Å². The van der Waals surface area contributed by atoms with Crippen LogP contribution in [0, 0.1) is 0 Å². The molecule has 3 rings (SSSR count). The third-order valence-corrected chi connectivity index (χ3v) is 6.44. The molecule has 4 N–H and O–H groups in total. The van der Waals surface area contributed by atoms with E-state index in [0.717, 1.165) is 37.1 Å². The highest BCUT2D eigenvalue weighted by atomic mass is 32.2. The summed E-state index contributed by atoms with van der Waals surface area (Å²) in [7, 11) is -3.87. The molecule has 0 radical (unpaired) electrons. The van der Waals surface area contributed by atoms with Crippen LogP contribution in [0.1, 0.15) is 35.2 Å². The Balaban J connectivity index is 1.35. The van der Waals surface area contributed by atoms with Crippen molar-refractivity contribution in [3.63, 3.8) is 0 Å². The summed E-state index contributed by atoms with van der Waals surface area (Å²) in [5, 5.41) is 22.0. The average molecular weight is 435 g/mol. The number of carbonyl (C=O) groups is 1. The molecule has 0 aliphatic carbocycles. The van der Waals surface area contributed by atoms with Crippen molar-refractivity contribution in [1.29, 1.82) is 0 Å². The predicted molar refractivity (Wildman–Crippen MR) is 112 cm³/mol. The van der Waals surface area contributed by atoms with Crippen LogP contribution >= 0.6 is 0 Å². The summed E-state index contributed by atoms with van der Waals surface area (Å²) in [4.78, 5) is 11.0. The molecule has 1 aliphatic heterocycles. The van der Waals surface area contributed by atoms with E-state index in [4.69, 9.17) is 9.84 Å². The van der Waals surface area contributed by atoms with Gasteiger partial charge in [-0.15, -0.1) is 0 Å². The largest absolute Gasteiger partial charge is 0.508 e. The number of aryl methyl sites for hydroxylation is 1. The lowest BCUT2D eigenvalue weighted by Gasteiger charge is -2.26. The van der Waals surface area contributed by atoms with Crippen LogP contribution in [0.15, 0.2) is 47.4 Å². The van der Waals surface area contributed by atoms with Crippen molar-refractivity contribution in [2.24, 2.45) is 0 Å². The highest BCUT2D eigenvalue weighted by molar-refractivity contribution is 7.89. The number of rotatable bonds is 10. The van der Waals surface area contributed by atoms with E-state index in [9.17, 15) is 18.3 Å². The van der Waals surface area contributed by atoms with E-state index in [-0.39, 0.29) is 28.9 Å². The van der Waals surface area contributed by atoms with E-state index in [1.807, 2.05) is 0 Å². The number of sulfonamides is 1. The number of carboxylic acid groups (broad SMARTS) is 1. The van der Waals surface area contributed by atoms with Crippen LogP contribution in [-0.2, 0) is 16.4 Å². The summed E-state index contributed by atoms with van der Waals surface area (Å²) < 4.78 is 33.1. The second-order valence-electron chi connectivity index (χ2n) is 7.18. The topological polar surface area (TPSA) is 125 Å². The molecule has 2 aromatic carbocycles. The summed E-state index contributed by atoms with van der Waals surface area (Å²) in [5.74, 6) is -0.220. The second kappa shape index (κ2) is 9.92. The van der Waals surface area contributed by atoms with E-state index >= 15 is 0 Å². The number of hydrogen-bond acceptors (Lipinski definition) is 6. The molecule has 30 heavy (non-hydrogen) atoms. The van der Waals surface area contributed by atoms with Gasteiger partial charge in [0.05, 0.1) is 10.5 Å². The van der Waals surface area contributed by atoms with Gasteiger partial charge in [0.25, 0.3) is 0 Å². The van der Waals surface area contributed by atoms with Gasteiger partial charge in [-0.1, -0.05) is 12.1 Å². The summed E-state index contributed by atoms with van der Waals surface area (Å²) in [6, 6.07) is 10.7. The molecule has 1 heterocycles. The van der Waals surface area contributed by atoms with Gasteiger partial charge in [0, 0.05) is 13.1 Å². The van der Waals surface area contributed by atoms with Gasteiger partial charge in [-0.25, -0.2) is 17.9 Å². The van der Waals surface area contributed by atoms with Crippen molar-refractivity contribution >= 4 is 16.0 Å². The Morgan fingerprint density at radius 1 is 1.13 bits per heavy atom. The quantitative estimate of drug-likeness (QED) is 0.422. The monoisotopic (exact) mass is 434 g/mol. The highest BCUT2D eigenvalue weighted by Crippen LogP contribution is 2.30. The molecule has 0 spiro atoms. The standard InChI is InChI=1S/C21H26N2O6S/c24-16-8-10-19-15(13-16)7-9-17(29-19)14-22-11-3-4-12-23-30(27,28)20-6-2-1-5-18(20)21(25)26/h1-2,5-6,8,10,13,17,22-24H,3-4,7,9,11-12,14H2,(H,25,26)/t17-/m1/s1. The molecule has 0 aromatic heterocycles. The maximum Gasteiger partial charge on any atom is 0.337 e.